The first-order chi connectivity index (χ1) is 45.5. The van der Waals surface area contributed by atoms with E-state index in [0.29, 0.717) is 44.6 Å². The van der Waals surface area contributed by atoms with Crippen molar-refractivity contribution in [3.8, 4) is 5.75 Å². The number of nitrogens with one attached hydrogen (secondary N) is 2. The second-order valence-corrected chi connectivity index (χ2v) is 23.8. The molecule has 5 rings (SSSR count). The maximum atomic E-state index is 10.6. The van der Waals surface area contributed by atoms with Crippen molar-refractivity contribution in [1.29, 1.82) is 0 Å². The lowest BCUT2D eigenvalue weighted by Crippen LogP contribution is -2.39. The Morgan fingerprint density at radius 3 is 1.32 bits per heavy atom. The monoisotopic (exact) mass is 1440 g/mol. The zero-order valence-corrected chi connectivity index (χ0v) is 56.8. The molecule has 10 atom stereocenters. The van der Waals surface area contributed by atoms with Gasteiger partial charge in [-0.25, -0.2) is 0 Å². The summed E-state index contributed by atoms with van der Waals surface area (Å²) in [5.41, 5.74) is 55.1. The molecule has 0 amide bonds. The third kappa shape index (κ3) is 57.1. The number of unbranched alkanes of at least 4 members (excludes halogenated alkanes) is 1. The molecule has 560 valence electrons. The van der Waals surface area contributed by atoms with Crippen LogP contribution in [0.2, 0.25) is 0 Å². The molecule has 2 heterocycles. The fourth-order valence-corrected chi connectivity index (χ4v) is 7.28. The number of aromatic amines is 1. The van der Waals surface area contributed by atoms with E-state index in [1.165, 1.54) is 19.1 Å². The summed E-state index contributed by atoms with van der Waals surface area (Å²) in [6.45, 7) is 6.15. The highest BCUT2D eigenvalue weighted by Crippen LogP contribution is 2.19. The van der Waals surface area contributed by atoms with Crippen molar-refractivity contribution in [2.45, 2.75) is 145 Å². The normalized spacial score (nSPS) is 14.4. The molecule has 0 unspecified atom stereocenters. The number of thioether (sulfide) groups is 1. The minimum absolute atomic E-state index is 0.0289. The van der Waals surface area contributed by atoms with Crippen LogP contribution in [0.4, 0.5) is 0 Å². The Kier molecular flexibility index (Phi) is 58.4. The van der Waals surface area contributed by atoms with E-state index in [1.807, 2.05) is 80.9 Å². The van der Waals surface area contributed by atoms with Gasteiger partial charge in [-0.3, -0.25) is 47.7 Å². The number of aliphatic hydroxyl groups is 2. The van der Waals surface area contributed by atoms with Crippen LogP contribution >= 0.6 is 11.8 Å². The highest BCUT2D eigenvalue weighted by atomic mass is 32.2. The lowest BCUT2D eigenvalue weighted by atomic mass is 10.1. The topological polar surface area (TPSA) is 739 Å². The van der Waals surface area contributed by atoms with Gasteiger partial charge < -0.3 is 129 Å². The molecule has 98 heavy (non-hydrogen) atoms. The number of carboxylic acid groups (broad SMARTS) is 9. The molecular formula is C60H104N12O24S2. The lowest BCUT2D eigenvalue weighted by molar-refractivity contribution is -0.141. The number of hydrogen-bond acceptors (Lipinski definition) is 26. The Morgan fingerprint density at radius 2 is 1.00 bits per heavy atom. The van der Waals surface area contributed by atoms with E-state index in [9.17, 15) is 51.6 Å². The summed E-state index contributed by atoms with van der Waals surface area (Å²) in [5, 5.41) is 104. The number of carboxylic acids is 9. The fourth-order valence-electron chi connectivity index (χ4n) is 6.49. The predicted octanol–water partition coefficient (Wildman–Crippen LogP) is -1.94. The summed E-state index contributed by atoms with van der Waals surface area (Å²) in [6, 6.07) is 16.2. The molecule has 4 aromatic rings. The molecule has 1 aliphatic heterocycles. The largest absolute Gasteiger partial charge is 0.508 e. The maximum absolute atomic E-state index is 10.6. The number of phenols is 1. The number of carbonyl (C=O) groups is 9. The Bertz CT molecular complexity index is 2960. The summed E-state index contributed by atoms with van der Waals surface area (Å²) in [6.07, 6.45) is 8.82. The number of para-hydroxylation sites is 1. The lowest BCUT2D eigenvalue weighted by Gasteiger charge is -2.07. The van der Waals surface area contributed by atoms with Gasteiger partial charge in [0.05, 0.1) is 18.5 Å². The number of nitrogens with two attached hydrogens (primary N) is 10. The molecule has 1 aliphatic rings. The zero-order valence-electron chi connectivity index (χ0n) is 55.1. The second kappa shape index (κ2) is 58.0. The summed E-state index contributed by atoms with van der Waals surface area (Å²) in [5.74, 6) is -7.81. The average molecular weight is 1440 g/mol. The summed E-state index contributed by atoms with van der Waals surface area (Å²) in [7, 11) is -3.80. The fraction of sp³-hybridized carbons (Fsp3) is 0.517. The van der Waals surface area contributed by atoms with Crippen molar-refractivity contribution >= 4 is 86.5 Å². The molecule has 1 aromatic heterocycles. The van der Waals surface area contributed by atoms with E-state index in [4.69, 9.17) is 123 Å². The van der Waals surface area contributed by atoms with Crippen molar-refractivity contribution < 1.29 is 117 Å². The zero-order chi connectivity index (χ0) is 76.8. The first-order valence-corrected chi connectivity index (χ1v) is 32.8. The third-order valence-corrected chi connectivity index (χ3v) is 13.5. The average Bonchev–Trinajstić information content (AvgIpc) is 1.69. The van der Waals surface area contributed by atoms with Crippen LogP contribution in [0.3, 0.4) is 0 Å². The molecule has 36 nitrogen and oxygen atoms in total. The van der Waals surface area contributed by atoms with Crippen LogP contribution in [0, 0.1) is 5.92 Å². The second-order valence-electron chi connectivity index (χ2n) is 21.3. The van der Waals surface area contributed by atoms with Crippen molar-refractivity contribution in [1.82, 2.24) is 10.3 Å². The maximum Gasteiger partial charge on any atom is 0.323 e. The van der Waals surface area contributed by atoms with E-state index >= 15 is 0 Å². The van der Waals surface area contributed by atoms with Crippen molar-refractivity contribution in [2.75, 3.05) is 44.0 Å². The van der Waals surface area contributed by atoms with Crippen LogP contribution in [0.5, 0.6) is 5.75 Å². The van der Waals surface area contributed by atoms with Crippen molar-refractivity contribution in [3.05, 3.63) is 102 Å². The van der Waals surface area contributed by atoms with E-state index in [0.717, 1.165) is 65.6 Å². The van der Waals surface area contributed by atoms with Crippen LogP contribution in [0.25, 0.3) is 10.9 Å². The van der Waals surface area contributed by atoms with Gasteiger partial charge in [0, 0.05) is 30.1 Å². The standard InChI is InChI=1S/C11H12N2O2.C9H11NO3.C9H11NO2.C6H14N2O2.C6H13NO2.C5H11NO2S.C5H9NO2.C4H9NO3.C3H7NO3.C2H7NO3S/c12-9(11(14)15)5-7-6-13-10-4-2-1-3-8(7)10;10-8(9(12)13)5-6-1-3-7(11)4-2-6;10-8(9(11)12)6-7-4-2-1-3-5-7;7-4-2-1-3-5(8)6(9)10;1-4(2)3-5(7)6(8)9;1-9-3-2-4(6)5(7)8;7-5(8)4-2-1-3-6-4;1-2(6)3(5)4(7)8;4-2(1-5)3(6)7;3-1-2-7(4,5)6/h1-4,6,9,13H,5,12H2,(H,14,15);1-4,8,11H,5,10H2,(H,12,13);1-5,8H,6,10H2,(H,11,12);5H,1-4,7-8H2,(H,9,10);4-5H,3,7H2,1-2H3,(H,8,9);4H,2-3,6H2,1H3,(H,7,8);4,6H,1-3H2,(H,7,8);2-3,6H,5H2,1H3,(H,7,8);2,5H,1,4H2,(H,6,7);1-3H2,(H,4,5,6)/t9-;2*8-;2*5-;2*4-;2-,3+;2-;/m000000010./s1. The quantitative estimate of drug-likeness (QED) is 0.0217. The smallest absolute Gasteiger partial charge is 0.323 e. The number of H-pyrrole nitrogens is 1. The molecule has 0 radical (unpaired) electrons. The van der Waals surface area contributed by atoms with Gasteiger partial charge >= 0.3 is 53.7 Å². The van der Waals surface area contributed by atoms with Crippen LogP contribution in [0.1, 0.15) is 82.4 Å². The molecule has 35 N–H and O–H groups in total. The molecular weight excluding hydrogens is 1340 g/mol. The predicted molar refractivity (Wildman–Crippen MR) is 367 cm³/mol. The van der Waals surface area contributed by atoms with Gasteiger partial charge in [-0.15, -0.1) is 0 Å². The molecule has 1 fully saturated rings. The summed E-state index contributed by atoms with van der Waals surface area (Å²) in [4.78, 5) is 94.4. The summed E-state index contributed by atoms with van der Waals surface area (Å²) < 4.78 is 27.3. The number of aliphatic hydroxyl groups excluding tert-OH is 2. The van der Waals surface area contributed by atoms with E-state index in [2.05, 4.69) is 10.3 Å². The van der Waals surface area contributed by atoms with Crippen LogP contribution < -0.4 is 62.7 Å². The first kappa shape index (κ1) is 98.6. The van der Waals surface area contributed by atoms with Crippen molar-refractivity contribution in [3.63, 3.8) is 0 Å². The number of hydrogen-bond donors (Lipinski definition) is 25. The van der Waals surface area contributed by atoms with Gasteiger partial charge in [0.25, 0.3) is 10.1 Å². The number of benzene rings is 3. The van der Waals surface area contributed by atoms with Gasteiger partial charge in [0.1, 0.15) is 60.1 Å². The number of fused-ring (bicyclic) bond motifs is 1. The number of aromatic nitrogens is 1. The molecule has 0 spiro atoms. The SMILES string of the molecule is CC(C)C[C@H](N)C(=O)O.CSCC[C@H](N)C(=O)O.C[C@@H](O)[C@H](N)C(=O)O.NCCCC[C@H](N)C(=O)O.NCCS(=O)(=O)O.N[C@@H](CO)C(=O)O.N[C@@H](Cc1c[nH]c2ccccc12)C(=O)O.N[C@@H](Cc1ccc(O)cc1)C(=O)O.N[C@@H](Cc1ccccc1)C(=O)O.O=C(O)[C@@H]1CCCN1. The number of phenolic OH excluding ortho intramolecular Hbond substituents is 1. The molecule has 0 saturated carbocycles. The number of rotatable bonds is 28. The molecule has 0 aliphatic carbocycles. The number of aromatic hydroxyl groups is 1. The van der Waals surface area contributed by atoms with Crippen LogP contribution in [0.15, 0.2) is 85.1 Å². The Hall–Kier alpha value is -8.03. The van der Waals surface area contributed by atoms with Gasteiger partial charge in [-0.05, 0) is 124 Å². The molecule has 38 heteroatoms. The Balaban J connectivity index is -0.000000330. The van der Waals surface area contributed by atoms with Crippen LogP contribution in [-0.2, 0) is 72.5 Å². The van der Waals surface area contributed by atoms with Gasteiger partial charge in [0.15, 0.2) is 0 Å². The van der Waals surface area contributed by atoms with Gasteiger partial charge in [-0.1, -0.05) is 80.9 Å². The summed E-state index contributed by atoms with van der Waals surface area (Å²) >= 11 is 1.60. The van der Waals surface area contributed by atoms with Gasteiger partial charge in [-0.2, -0.15) is 20.2 Å². The number of aliphatic carboxylic acids is 9. The van der Waals surface area contributed by atoms with Gasteiger partial charge in [0.2, 0.25) is 0 Å². The van der Waals surface area contributed by atoms with Crippen LogP contribution in [-0.4, -0.2) is 237 Å². The van der Waals surface area contributed by atoms with E-state index in [-0.39, 0.29) is 30.5 Å². The molecule has 0 bridgehead atoms. The highest BCUT2D eigenvalue weighted by Gasteiger charge is 2.21. The van der Waals surface area contributed by atoms with E-state index < -0.39 is 125 Å². The Labute approximate surface area is 572 Å². The third-order valence-electron chi connectivity index (χ3n) is 12.1. The Morgan fingerprint density at radius 1 is 0.561 bits per heavy atom. The minimum atomic E-state index is -3.80. The molecule has 3 aromatic carbocycles. The molecule has 1 saturated heterocycles. The highest BCUT2D eigenvalue weighted by molar-refractivity contribution is 7.98. The van der Waals surface area contributed by atoms with E-state index in [1.54, 1.807) is 23.9 Å². The van der Waals surface area contributed by atoms with Crippen molar-refractivity contribution in [2.24, 2.45) is 63.3 Å². The minimum Gasteiger partial charge on any atom is -0.508 e. The first-order valence-electron chi connectivity index (χ1n) is 29.8.